The molecule has 3 aliphatic rings. The number of nitrogens with one attached hydrogen (secondary N) is 3. The number of hydrogen-bond acceptors (Lipinski definition) is 6. The predicted molar refractivity (Wildman–Crippen MR) is 112 cm³/mol. The Morgan fingerprint density at radius 1 is 1.23 bits per heavy atom. The number of amides is 2. The van der Waals surface area contributed by atoms with Gasteiger partial charge in [0.1, 0.15) is 10.8 Å². The van der Waals surface area contributed by atoms with E-state index >= 15 is 0 Å². The second-order valence-corrected chi connectivity index (χ2v) is 9.11. The summed E-state index contributed by atoms with van der Waals surface area (Å²) in [5, 5.41) is 6.63. The summed E-state index contributed by atoms with van der Waals surface area (Å²) in [5.74, 6) is 0.243. The molecular formula is C21H22N4O4S. The zero-order chi connectivity index (χ0) is 20.7. The molecule has 3 N–H and O–H groups in total. The first kappa shape index (κ1) is 19.2. The van der Waals surface area contributed by atoms with E-state index in [0.717, 1.165) is 30.4 Å². The number of H-pyrrole nitrogens is 1. The molecule has 1 saturated carbocycles. The zero-order valence-corrected chi connectivity index (χ0v) is 17.1. The molecule has 0 spiro atoms. The minimum absolute atomic E-state index is 0.000169. The van der Waals surface area contributed by atoms with Gasteiger partial charge < -0.3 is 20.4 Å². The fourth-order valence-electron chi connectivity index (χ4n) is 4.38. The van der Waals surface area contributed by atoms with Gasteiger partial charge in [-0.05, 0) is 30.5 Å². The Hall–Kier alpha value is -2.81. The van der Waals surface area contributed by atoms with Crippen LogP contribution in [-0.2, 0) is 11.3 Å². The molecule has 30 heavy (non-hydrogen) atoms. The molecular weight excluding hydrogens is 404 g/mol. The summed E-state index contributed by atoms with van der Waals surface area (Å²) < 4.78 is 5.34. The molecule has 3 heterocycles. The molecule has 2 aromatic rings. The lowest BCUT2D eigenvalue weighted by Gasteiger charge is -2.18. The fraction of sp³-hybridized carbons (Fsp3) is 0.429. The number of carbonyl (C=O) groups is 2. The SMILES string of the molecule is O=C1COc2ccc(CNC(=O)c3nc4c(c(=O)[nH]3)C3CCCCCC3S4)cc2N1. The number of anilines is 1. The van der Waals surface area contributed by atoms with Gasteiger partial charge in [-0.2, -0.15) is 0 Å². The third-order valence-electron chi connectivity index (χ3n) is 5.85. The normalized spacial score (nSPS) is 22.1. The summed E-state index contributed by atoms with van der Waals surface area (Å²) in [5.41, 5.74) is 1.94. The second-order valence-electron chi connectivity index (χ2n) is 7.88. The van der Waals surface area contributed by atoms with Gasteiger partial charge in [0.2, 0.25) is 0 Å². The highest BCUT2D eigenvalue weighted by Gasteiger charge is 2.37. The van der Waals surface area contributed by atoms with Crippen LogP contribution in [0.25, 0.3) is 0 Å². The summed E-state index contributed by atoms with van der Waals surface area (Å²) in [6, 6.07) is 5.33. The molecule has 0 saturated heterocycles. The molecule has 2 unspecified atom stereocenters. The first-order valence-electron chi connectivity index (χ1n) is 10.2. The number of fused-ring (bicyclic) bond motifs is 4. The van der Waals surface area contributed by atoms with Crippen LogP contribution in [-0.4, -0.2) is 33.6 Å². The Morgan fingerprint density at radius 2 is 2.10 bits per heavy atom. The average Bonchev–Trinajstić information content (AvgIpc) is 2.93. The summed E-state index contributed by atoms with van der Waals surface area (Å²) in [6.07, 6.45) is 5.63. The number of thioether (sulfide) groups is 1. The van der Waals surface area contributed by atoms with Gasteiger partial charge in [-0.3, -0.25) is 14.4 Å². The van der Waals surface area contributed by atoms with Gasteiger partial charge in [0.05, 0.1) is 11.3 Å². The predicted octanol–water partition coefficient (Wildman–Crippen LogP) is 2.55. The summed E-state index contributed by atoms with van der Waals surface area (Å²) in [7, 11) is 0. The van der Waals surface area contributed by atoms with Crippen LogP contribution in [0.3, 0.4) is 0 Å². The minimum atomic E-state index is -0.430. The van der Waals surface area contributed by atoms with E-state index in [1.54, 1.807) is 23.9 Å². The standard InChI is InChI=1S/C21H22N4O4S/c26-16-10-29-14-7-6-11(8-13(14)23-16)9-22-20(28)18-24-19(27)17-12-4-2-1-3-5-15(12)30-21(17)25-18/h6-8,12,15H,1-5,9-10H2,(H,22,28)(H,23,26)(H,24,25,27). The fourth-order valence-corrected chi connectivity index (χ4v) is 5.90. The monoisotopic (exact) mass is 426 g/mol. The number of ether oxygens (including phenoxy) is 1. The van der Waals surface area contributed by atoms with E-state index in [0.29, 0.717) is 21.7 Å². The van der Waals surface area contributed by atoms with Crippen LogP contribution < -0.4 is 20.9 Å². The van der Waals surface area contributed by atoms with Gasteiger partial charge in [0, 0.05) is 17.7 Å². The second kappa shape index (κ2) is 7.79. The molecule has 0 bridgehead atoms. The van der Waals surface area contributed by atoms with Crippen molar-refractivity contribution in [2.75, 3.05) is 11.9 Å². The lowest BCUT2D eigenvalue weighted by molar-refractivity contribution is -0.118. The van der Waals surface area contributed by atoms with E-state index in [1.165, 1.54) is 12.8 Å². The topological polar surface area (TPSA) is 113 Å². The minimum Gasteiger partial charge on any atom is -0.482 e. The molecule has 1 aromatic carbocycles. The number of benzene rings is 1. The Bertz CT molecular complexity index is 1080. The van der Waals surface area contributed by atoms with Gasteiger partial charge in [-0.1, -0.05) is 25.3 Å². The highest BCUT2D eigenvalue weighted by Crippen LogP contribution is 2.48. The molecule has 1 aliphatic carbocycles. The first-order chi connectivity index (χ1) is 14.6. The number of nitrogens with zero attached hydrogens (tertiary/aromatic N) is 1. The molecule has 9 heteroatoms. The Labute approximate surface area is 177 Å². The third kappa shape index (κ3) is 3.58. The van der Waals surface area contributed by atoms with Crippen molar-refractivity contribution >= 4 is 29.3 Å². The van der Waals surface area contributed by atoms with Crippen LogP contribution in [0.4, 0.5) is 5.69 Å². The molecule has 2 amide bonds. The lowest BCUT2D eigenvalue weighted by atomic mass is 9.94. The van der Waals surface area contributed by atoms with Crippen molar-refractivity contribution in [1.82, 2.24) is 15.3 Å². The molecule has 5 rings (SSSR count). The van der Waals surface area contributed by atoms with Gasteiger partial charge in [-0.25, -0.2) is 4.98 Å². The Balaban J connectivity index is 1.31. The number of aromatic nitrogens is 2. The van der Waals surface area contributed by atoms with Crippen molar-refractivity contribution in [1.29, 1.82) is 0 Å². The van der Waals surface area contributed by atoms with Crippen molar-refractivity contribution in [3.8, 4) is 5.75 Å². The van der Waals surface area contributed by atoms with E-state index in [1.807, 2.05) is 6.07 Å². The summed E-state index contributed by atoms with van der Waals surface area (Å²) >= 11 is 1.64. The molecule has 8 nitrogen and oxygen atoms in total. The Morgan fingerprint density at radius 3 is 3.00 bits per heavy atom. The van der Waals surface area contributed by atoms with Gasteiger partial charge in [0.15, 0.2) is 12.4 Å². The van der Waals surface area contributed by atoms with E-state index in [-0.39, 0.29) is 36.4 Å². The number of hydrogen-bond donors (Lipinski definition) is 3. The van der Waals surface area contributed by atoms with Crippen molar-refractivity contribution in [3.05, 3.63) is 45.5 Å². The molecule has 2 aliphatic heterocycles. The number of carbonyl (C=O) groups excluding carboxylic acids is 2. The number of aromatic amines is 1. The van der Waals surface area contributed by atoms with Gasteiger partial charge >= 0.3 is 0 Å². The maximum absolute atomic E-state index is 12.7. The highest BCUT2D eigenvalue weighted by atomic mass is 32.2. The highest BCUT2D eigenvalue weighted by molar-refractivity contribution is 8.00. The zero-order valence-electron chi connectivity index (χ0n) is 16.3. The van der Waals surface area contributed by atoms with Crippen LogP contribution in [0.2, 0.25) is 0 Å². The van der Waals surface area contributed by atoms with Crippen LogP contribution in [0.1, 0.15) is 59.8 Å². The molecule has 2 atom stereocenters. The average molecular weight is 426 g/mol. The molecule has 156 valence electrons. The maximum Gasteiger partial charge on any atom is 0.287 e. The van der Waals surface area contributed by atoms with Crippen molar-refractivity contribution in [2.24, 2.45) is 0 Å². The summed E-state index contributed by atoms with van der Waals surface area (Å²) in [6.45, 7) is 0.237. The van der Waals surface area contributed by atoms with Gasteiger partial charge in [-0.15, -0.1) is 11.8 Å². The number of rotatable bonds is 3. The van der Waals surface area contributed by atoms with E-state index in [9.17, 15) is 14.4 Å². The van der Waals surface area contributed by atoms with Crippen LogP contribution in [0.15, 0.2) is 28.0 Å². The van der Waals surface area contributed by atoms with Crippen LogP contribution in [0, 0.1) is 0 Å². The Kier molecular flexibility index (Phi) is 4.98. The van der Waals surface area contributed by atoms with Gasteiger partial charge in [0.25, 0.3) is 17.4 Å². The maximum atomic E-state index is 12.7. The summed E-state index contributed by atoms with van der Waals surface area (Å²) in [4.78, 5) is 44.0. The molecule has 0 radical (unpaired) electrons. The van der Waals surface area contributed by atoms with Crippen LogP contribution >= 0.6 is 11.8 Å². The third-order valence-corrected chi connectivity index (χ3v) is 7.25. The molecule has 1 aromatic heterocycles. The van der Waals surface area contributed by atoms with Crippen molar-refractivity contribution < 1.29 is 14.3 Å². The lowest BCUT2D eigenvalue weighted by Crippen LogP contribution is -2.29. The quantitative estimate of drug-likeness (QED) is 0.650. The smallest absolute Gasteiger partial charge is 0.287 e. The van der Waals surface area contributed by atoms with E-state index < -0.39 is 5.91 Å². The van der Waals surface area contributed by atoms with E-state index in [2.05, 4.69) is 20.6 Å². The molecule has 1 fully saturated rings. The largest absolute Gasteiger partial charge is 0.482 e. The van der Waals surface area contributed by atoms with Crippen molar-refractivity contribution in [2.45, 2.75) is 54.8 Å². The van der Waals surface area contributed by atoms with Crippen LogP contribution in [0.5, 0.6) is 5.75 Å². The van der Waals surface area contributed by atoms with Crippen molar-refractivity contribution in [3.63, 3.8) is 0 Å². The van der Waals surface area contributed by atoms with E-state index in [4.69, 9.17) is 4.74 Å². The first-order valence-corrected chi connectivity index (χ1v) is 11.1.